The minimum atomic E-state index is -0.214. The van der Waals surface area contributed by atoms with Crippen LogP contribution in [0.4, 0.5) is 15.8 Å². The maximum atomic E-state index is 13.4. The van der Waals surface area contributed by atoms with Gasteiger partial charge in [-0.1, -0.05) is 24.3 Å². The average molecular weight is 418 g/mol. The zero-order valence-corrected chi connectivity index (χ0v) is 18.6. The number of halogens is 1. The summed E-state index contributed by atoms with van der Waals surface area (Å²) >= 11 is 0. The van der Waals surface area contributed by atoms with E-state index in [1.165, 1.54) is 22.9 Å². The van der Waals surface area contributed by atoms with Crippen LogP contribution in [-0.4, -0.2) is 31.1 Å². The summed E-state index contributed by atoms with van der Waals surface area (Å²) in [6.45, 7) is 12.5. The highest BCUT2D eigenvalue weighted by Gasteiger charge is 2.16. The molecule has 2 N–H and O–H groups in total. The maximum absolute atomic E-state index is 13.4. The van der Waals surface area contributed by atoms with Gasteiger partial charge in [-0.3, -0.25) is 0 Å². The van der Waals surface area contributed by atoms with Crippen molar-refractivity contribution in [3.63, 3.8) is 0 Å². The third kappa shape index (κ3) is 5.26. The Balaban J connectivity index is 1.49. The second-order valence-corrected chi connectivity index (χ2v) is 8.64. The molecule has 0 aromatic heterocycles. The molecule has 1 aliphatic heterocycles. The molecule has 0 atom stereocenters. The summed E-state index contributed by atoms with van der Waals surface area (Å²) in [5, 5.41) is 6.88. The molecule has 4 rings (SSSR count). The van der Waals surface area contributed by atoms with Gasteiger partial charge < -0.3 is 15.5 Å². The Kier molecular flexibility index (Phi) is 6.57. The topological polar surface area (TPSA) is 27.3 Å². The lowest BCUT2D eigenvalue weighted by molar-refractivity contribution is 0.289. The summed E-state index contributed by atoms with van der Waals surface area (Å²) in [6, 6.07) is 11.4. The highest BCUT2D eigenvalue weighted by atomic mass is 19.1. The number of hydrogen-bond donors (Lipinski definition) is 2. The van der Waals surface area contributed by atoms with Crippen LogP contribution in [0.3, 0.4) is 0 Å². The number of allylic oxidation sites excluding steroid dienone is 5. The van der Waals surface area contributed by atoms with Crippen LogP contribution < -0.4 is 10.6 Å². The van der Waals surface area contributed by atoms with Crippen LogP contribution >= 0.6 is 0 Å². The van der Waals surface area contributed by atoms with Gasteiger partial charge in [-0.15, -0.1) is 0 Å². The van der Waals surface area contributed by atoms with E-state index >= 15 is 0 Å². The lowest BCUT2D eigenvalue weighted by atomic mass is 9.93. The Labute approximate surface area is 185 Å². The van der Waals surface area contributed by atoms with Gasteiger partial charge in [-0.25, -0.2) is 4.39 Å². The summed E-state index contributed by atoms with van der Waals surface area (Å²) < 4.78 is 13.4. The molecule has 2 aliphatic rings. The van der Waals surface area contributed by atoms with Gasteiger partial charge in [-0.2, -0.15) is 0 Å². The molecule has 0 bridgehead atoms. The lowest BCUT2D eigenvalue weighted by Gasteiger charge is -2.33. The Hall–Kier alpha value is -2.85. The van der Waals surface area contributed by atoms with E-state index in [9.17, 15) is 4.39 Å². The predicted molar refractivity (Wildman–Crippen MR) is 129 cm³/mol. The Morgan fingerprint density at radius 3 is 2.52 bits per heavy atom. The van der Waals surface area contributed by atoms with Crippen molar-refractivity contribution in [2.75, 3.05) is 31.5 Å². The molecule has 1 aliphatic carbocycles. The zero-order chi connectivity index (χ0) is 21.8. The fraction of sp³-hybridized carbons (Fsp3) is 0.333. The van der Waals surface area contributed by atoms with Crippen molar-refractivity contribution in [1.82, 2.24) is 10.2 Å². The van der Waals surface area contributed by atoms with Crippen molar-refractivity contribution in [2.45, 2.75) is 33.1 Å². The molecule has 162 valence electrons. The summed E-state index contributed by atoms with van der Waals surface area (Å²) in [4.78, 5) is 2.51. The second kappa shape index (κ2) is 9.52. The smallest absolute Gasteiger partial charge is 0.123 e. The molecular weight excluding hydrogens is 385 g/mol. The zero-order valence-electron chi connectivity index (χ0n) is 18.6. The molecule has 0 unspecified atom stereocenters. The van der Waals surface area contributed by atoms with Gasteiger partial charge in [0.2, 0.25) is 0 Å². The summed E-state index contributed by atoms with van der Waals surface area (Å²) in [7, 11) is 0. The SMILES string of the molecule is C=C(C)c1cc(CC2=CC=C(N3CCNCC3)CC2)ccc1Nc1ccc(F)cc1C. The van der Waals surface area contributed by atoms with E-state index in [-0.39, 0.29) is 5.82 Å². The van der Waals surface area contributed by atoms with Crippen molar-refractivity contribution in [2.24, 2.45) is 0 Å². The highest BCUT2D eigenvalue weighted by Crippen LogP contribution is 2.31. The number of hydrogen-bond acceptors (Lipinski definition) is 3. The van der Waals surface area contributed by atoms with E-state index in [1.54, 1.807) is 12.1 Å². The third-order valence-electron chi connectivity index (χ3n) is 6.17. The van der Waals surface area contributed by atoms with E-state index in [2.05, 4.69) is 52.5 Å². The van der Waals surface area contributed by atoms with Gasteiger partial charge in [0.25, 0.3) is 0 Å². The Morgan fingerprint density at radius 2 is 1.84 bits per heavy atom. The highest BCUT2D eigenvalue weighted by molar-refractivity contribution is 5.78. The van der Waals surface area contributed by atoms with Crippen LogP contribution in [0, 0.1) is 12.7 Å². The maximum Gasteiger partial charge on any atom is 0.123 e. The van der Waals surface area contributed by atoms with Gasteiger partial charge in [0, 0.05) is 48.8 Å². The largest absolute Gasteiger partial charge is 0.372 e. The van der Waals surface area contributed by atoms with Crippen molar-refractivity contribution in [1.29, 1.82) is 0 Å². The number of nitrogens with one attached hydrogen (secondary N) is 2. The fourth-order valence-electron chi connectivity index (χ4n) is 4.37. The van der Waals surface area contributed by atoms with Gasteiger partial charge in [0.1, 0.15) is 5.82 Å². The van der Waals surface area contributed by atoms with Crippen LogP contribution in [0.2, 0.25) is 0 Å². The molecule has 31 heavy (non-hydrogen) atoms. The summed E-state index contributed by atoms with van der Waals surface area (Å²) in [5.74, 6) is -0.214. The molecule has 3 nitrogen and oxygen atoms in total. The monoisotopic (exact) mass is 417 g/mol. The molecular formula is C27H32FN3. The van der Waals surface area contributed by atoms with Gasteiger partial charge >= 0.3 is 0 Å². The molecule has 1 heterocycles. The van der Waals surface area contributed by atoms with E-state index in [4.69, 9.17) is 0 Å². The van der Waals surface area contributed by atoms with Crippen molar-refractivity contribution < 1.29 is 4.39 Å². The van der Waals surface area contributed by atoms with Gasteiger partial charge in [0.05, 0.1) is 0 Å². The first-order chi connectivity index (χ1) is 15.0. The van der Waals surface area contributed by atoms with E-state index in [1.807, 2.05) is 13.8 Å². The standard InChI is InChI=1S/C27H32FN3/c1-19(2)25-18-22(6-10-27(25)30-26-11-7-23(28)16-20(26)3)17-21-4-8-24(9-5-21)31-14-12-29-13-15-31/h4,6-8,10-11,16,18,29-30H,1,5,9,12-15,17H2,2-3H3. The number of anilines is 2. The molecule has 2 aromatic rings. The predicted octanol–water partition coefficient (Wildman–Crippen LogP) is 5.96. The summed E-state index contributed by atoms with van der Waals surface area (Å²) in [6.07, 6.45) is 7.84. The number of rotatable bonds is 6. The average Bonchev–Trinajstić information content (AvgIpc) is 2.77. The number of aryl methyl sites for hydroxylation is 1. The number of benzene rings is 2. The van der Waals surface area contributed by atoms with Crippen LogP contribution in [0.25, 0.3) is 5.57 Å². The summed E-state index contributed by atoms with van der Waals surface area (Å²) in [5.41, 5.74) is 9.17. The Bertz CT molecular complexity index is 1030. The van der Waals surface area contributed by atoms with Gasteiger partial charge in [-0.05, 0) is 86.2 Å². The third-order valence-corrected chi connectivity index (χ3v) is 6.17. The van der Waals surface area contributed by atoms with Crippen LogP contribution in [0.1, 0.15) is 36.5 Å². The molecule has 0 saturated carbocycles. The normalized spacial score (nSPS) is 16.5. The number of nitrogens with zero attached hydrogens (tertiary/aromatic N) is 1. The first-order valence-corrected chi connectivity index (χ1v) is 11.2. The molecule has 0 spiro atoms. The first kappa shape index (κ1) is 21.4. The molecule has 2 aromatic carbocycles. The van der Waals surface area contributed by atoms with E-state index < -0.39 is 0 Å². The minimum absolute atomic E-state index is 0.214. The first-order valence-electron chi connectivity index (χ1n) is 11.2. The van der Waals surface area contributed by atoms with Gasteiger partial charge in [0.15, 0.2) is 0 Å². The van der Waals surface area contributed by atoms with Crippen molar-refractivity contribution >= 4 is 16.9 Å². The molecule has 4 heteroatoms. The lowest BCUT2D eigenvalue weighted by Crippen LogP contribution is -2.43. The second-order valence-electron chi connectivity index (χ2n) is 8.64. The quantitative estimate of drug-likeness (QED) is 0.607. The van der Waals surface area contributed by atoms with E-state index in [0.717, 1.165) is 73.5 Å². The minimum Gasteiger partial charge on any atom is -0.372 e. The van der Waals surface area contributed by atoms with Crippen LogP contribution in [0.15, 0.2) is 66.4 Å². The van der Waals surface area contributed by atoms with E-state index in [0.29, 0.717) is 0 Å². The molecule has 1 saturated heterocycles. The number of piperazine rings is 1. The van der Waals surface area contributed by atoms with Crippen LogP contribution in [0.5, 0.6) is 0 Å². The van der Waals surface area contributed by atoms with Crippen LogP contribution in [-0.2, 0) is 6.42 Å². The Morgan fingerprint density at radius 1 is 1.06 bits per heavy atom. The van der Waals surface area contributed by atoms with Crippen molar-refractivity contribution in [3.8, 4) is 0 Å². The molecule has 1 fully saturated rings. The fourth-order valence-corrected chi connectivity index (χ4v) is 4.37. The molecule has 0 radical (unpaired) electrons. The van der Waals surface area contributed by atoms with Crippen molar-refractivity contribution in [3.05, 3.63) is 88.9 Å². The molecule has 0 amide bonds.